The molecule has 5 nitrogen and oxygen atoms in total. The molecule has 1 N–H and O–H groups in total. The van der Waals surface area contributed by atoms with Gasteiger partial charge in [-0.1, -0.05) is 31.9 Å². The Labute approximate surface area is 140 Å². The van der Waals surface area contributed by atoms with Crippen LogP contribution in [-0.4, -0.2) is 33.7 Å². The van der Waals surface area contributed by atoms with Gasteiger partial charge in [-0.25, -0.2) is 8.42 Å². The van der Waals surface area contributed by atoms with E-state index in [4.69, 9.17) is 0 Å². The Morgan fingerprint density at radius 3 is 2.52 bits per heavy atom. The van der Waals surface area contributed by atoms with Gasteiger partial charge in [0.15, 0.2) is 0 Å². The highest BCUT2D eigenvalue weighted by Gasteiger charge is 2.20. The van der Waals surface area contributed by atoms with E-state index in [-0.39, 0.29) is 18.9 Å². The van der Waals surface area contributed by atoms with Crippen molar-refractivity contribution in [3.05, 3.63) is 29.3 Å². The highest BCUT2D eigenvalue weighted by atomic mass is 32.2. The number of aryl methyl sites for hydroxylation is 2. The molecule has 0 aliphatic rings. The molecule has 0 heterocycles. The van der Waals surface area contributed by atoms with Crippen LogP contribution >= 0.6 is 0 Å². The minimum absolute atomic E-state index is 0.111. The summed E-state index contributed by atoms with van der Waals surface area (Å²) in [4.78, 5) is 11.9. The predicted molar refractivity (Wildman–Crippen MR) is 95.3 cm³/mol. The number of hydrogen-bond acceptors (Lipinski definition) is 3. The van der Waals surface area contributed by atoms with Gasteiger partial charge in [0.05, 0.1) is 11.9 Å². The summed E-state index contributed by atoms with van der Waals surface area (Å²) in [6.45, 7) is 6.70. The number of benzene rings is 1. The molecule has 0 unspecified atom stereocenters. The van der Waals surface area contributed by atoms with E-state index in [2.05, 4.69) is 12.2 Å². The summed E-state index contributed by atoms with van der Waals surface area (Å²) >= 11 is 0. The zero-order valence-electron chi connectivity index (χ0n) is 14.6. The number of rotatable bonds is 9. The molecule has 1 aromatic carbocycles. The standard InChI is InChI=1S/C17H28N2O3S/c1-5-6-7-11-18-17(20)10-12-19(23(4,21)22)16-13-14(2)8-9-15(16)3/h8-9,13H,5-7,10-12H2,1-4H3,(H,18,20). The Morgan fingerprint density at radius 2 is 1.91 bits per heavy atom. The van der Waals surface area contributed by atoms with Crippen LogP contribution in [0, 0.1) is 13.8 Å². The van der Waals surface area contributed by atoms with Crippen molar-refractivity contribution in [2.75, 3.05) is 23.7 Å². The van der Waals surface area contributed by atoms with Crippen LogP contribution in [0.2, 0.25) is 0 Å². The molecular weight excluding hydrogens is 312 g/mol. The third kappa shape index (κ3) is 6.60. The van der Waals surface area contributed by atoms with Crippen molar-refractivity contribution < 1.29 is 13.2 Å². The average molecular weight is 340 g/mol. The van der Waals surface area contributed by atoms with E-state index >= 15 is 0 Å². The minimum atomic E-state index is -3.43. The summed E-state index contributed by atoms with van der Waals surface area (Å²) in [6.07, 6.45) is 4.47. The monoisotopic (exact) mass is 340 g/mol. The molecule has 6 heteroatoms. The Balaban J connectivity index is 2.74. The first-order chi connectivity index (χ1) is 10.8. The van der Waals surface area contributed by atoms with Crippen LogP contribution in [0.15, 0.2) is 18.2 Å². The lowest BCUT2D eigenvalue weighted by Crippen LogP contribution is -2.35. The molecule has 1 amide bonds. The van der Waals surface area contributed by atoms with E-state index in [1.54, 1.807) is 0 Å². The van der Waals surface area contributed by atoms with Crippen molar-refractivity contribution in [1.29, 1.82) is 0 Å². The molecule has 0 saturated carbocycles. The van der Waals surface area contributed by atoms with Gasteiger partial charge in [-0.05, 0) is 37.5 Å². The highest BCUT2D eigenvalue weighted by molar-refractivity contribution is 7.92. The molecule has 0 aliphatic heterocycles. The van der Waals surface area contributed by atoms with Gasteiger partial charge < -0.3 is 5.32 Å². The molecule has 1 aromatic rings. The maximum Gasteiger partial charge on any atom is 0.232 e. The molecule has 0 aromatic heterocycles. The van der Waals surface area contributed by atoms with Gasteiger partial charge in [0.2, 0.25) is 15.9 Å². The van der Waals surface area contributed by atoms with E-state index in [1.807, 2.05) is 32.0 Å². The maximum absolute atomic E-state index is 12.1. The first-order valence-electron chi connectivity index (χ1n) is 8.07. The SMILES string of the molecule is CCCCCNC(=O)CCN(c1cc(C)ccc1C)S(C)(=O)=O. The van der Waals surface area contributed by atoms with Gasteiger partial charge in [-0.15, -0.1) is 0 Å². The van der Waals surface area contributed by atoms with Gasteiger partial charge >= 0.3 is 0 Å². The van der Waals surface area contributed by atoms with Crippen molar-refractivity contribution in [3.63, 3.8) is 0 Å². The first-order valence-corrected chi connectivity index (χ1v) is 9.92. The second-order valence-electron chi connectivity index (χ2n) is 5.93. The molecule has 130 valence electrons. The van der Waals surface area contributed by atoms with E-state index in [0.717, 1.165) is 30.4 Å². The van der Waals surface area contributed by atoms with Gasteiger partial charge in [-0.3, -0.25) is 9.10 Å². The normalized spacial score (nSPS) is 11.3. The largest absolute Gasteiger partial charge is 0.356 e. The fraction of sp³-hybridized carbons (Fsp3) is 0.588. The Bertz CT molecular complexity index is 627. The van der Waals surface area contributed by atoms with Crippen molar-refractivity contribution >= 4 is 21.6 Å². The molecular formula is C17H28N2O3S. The zero-order valence-corrected chi connectivity index (χ0v) is 15.4. The number of anilines is 1. The zero-order chi connectivity index (χ0) is 17.5. The molecule has 0 bridgehead atoms. The number of nitrogens with one attached hydrogen (secondary N) is 1. The quantitative estimate of drug-likeness (QED) is 0.703. The van der Waals surface area contributed by atoms with Crippen LogP contribution in [0.3, 0.4) is 0 Å². The molecule has 0 aliphatic carbocycles. The smallest absolute Gasteiger partial charge is 0.232 e. The van der Waals surface area contributed by atoms with E-state index in [9.17, 15) is 13.2 Å². The van der Waals surface area contributed by atoms with Gasteiger partial charge in [0.1, 0.15) is 0 Å². The van der Waals surface area contributed by atoms with E-state index < -0.39 is 10.0 Å². The van der Waals surface area contributed by atoms with Crippen molar-refractivity contribution in [3.8, 4) is 0 Å². The second kappa shape index (κ2) is 8.91. The highest BCUT2D eigenvalue weighted by Crippen LogP contribution is 2.24. The van der Waals surface area contributed by atoms with Crippen LogP contribution < -0.4 is 9.62 Å². The summed E-state index contributed by atoms with van der Waals surface area (Å²) < 4.78 is 25.5. The lowest BCUT2D eigenvalue weighted by Gasteiger charge is -2.24. The number of carbonyl (C=O) groups excluding carboxylic acids is 1. The van der Waals surface area contributed by atoms with Crippen molar-refractivity contribution in [2.24, 2.45) is 0 Å². The number of nitrogens with zero attached hydrogens (tertiary/aromatic N) is 1. The number of carbonyl (C=O) groups is 1. The molecule has 23 heavy (non-hydrogen) atoms. The molecule has 0 atom stereocenters. The molecule has 0 spiro atoms. The maximum atomic E-state index is 12.1. The van der Waals surface area contributed by atoms with Crippen LogP contribution in [-0.2, 0) is 14.8 Å². The number of sulfonamides is 1. The average Bonchev–Trinajstić information content (AvgIpc) is 2.46. The van der Waals surface area contributed by atoms with Crippen LogP contribution in [0.1, 0.15) is 43.7 Å². The fourth-order valence-electron chi connectivity index (χ4n) is 2.35. The van der Waals surface area contributed by atoms with Gasteiger partial charge in [-0.2, -0.15) is 0 Å². The summed E-state index contributed by atoms with van der Waals surface area (Å²) in [6, 6.07) is 5.68. The third-order valence-corrected chi connectivity index (χ3v) is 4.86. The van der Waals surface area contributed by atoms with Crippen molar-refractivity contribution in [1.82, 2.24) is 5.32 Å². The summed E-state index contributed by atoms with van der Waals surface area (Å²) in [7, 11) is -3.43. The molecule has 0 saturated heterocycles. The Morgan fingerprint density at radius 1 is 1.22 bits per heavy atom. The Kier molecular flexibility index (Phi) is 7.55. The Hall–Kier alpha value is -1.56. The first kappa shape index (κ1) is 19.5. The second-order valence-corrected chi connectivity index (χ2v) is 7.84. The third-order valence-electron chi connectivity index (χ3n) is 3.68. The predicted octanol–water partition coefficient (Wildman–Crippen LogP) is 2.77. The topological polar surface area (TPSA) is 66.5 Å². The van der Waals surface area contributed by atoms with Gasteiger partial charge in [0, 0.05) is 19.5 Å². The van der Waals surface area contributed by atoms with E-state index in [0.29, 0.717) is 12.2 Å². The van der Waals surface area contributed by atoms with Crippen LogP contribution in [0.4, 0.5) is 5.69 Å². The number of amides is 1. The summed E-state index contributed by atoms with van der Waals surface area (Å²) in [5.74, 6) is -0.111. The fourth-order valence-corrected chi connectivity index (χ4v) is 3.32. The van der Waals surface area contributed by atoms with Gasteiger partial charge in [0.25, 0.3) is 0 Å². The lowest BCUT2D eigenvalue weighted by atomic mass is 10.1. The number of hydrogen-bond donors (Lipinski definition) is 1. The minimum Gasteiger partial charge on any atom is -0.356 e. The molecule has 0 radical (unpaired) electrons. The van der Waals surface area contributed by atoms with Crippen LogP contribution in [0.5, 0.6) is 0 Å². The molecule has 1 rings (SSSR count). The molecule has 0 fully saturated rings. The summed E-state index contributed by atoms with van der Waals surface area (Å²) in [5.41, 5.74) is 2.51. The van der Waals surface area contributed by atoms with E-state index in [1.165, 1.54) is 10.6 Å². The lowest BCUT2D eigenvalue weighted by molar-refractivity contribution is -0.120. The van der Waals surface area contributed by atoms with Crippen molar-refractivity contribution in [2.45, 2.75) is 46.5 Å². The summed E-state index contributed by atoms with van der Waals surface area (Å²) in [5, 5.41) is 2.84. The van der Waals surface area contributed by atoms with Crippen LogP contribution in [0.25, 0.3) is 0 Å². The number of unbranched alkanes of at least 4 members (excludes halogenated alkanes) is 2.